The van der Waals surface area contributed by atoms with Crippen LogP contribution in [0.3, 0.4) is 0 Å². The van der Waals surface area contributed by atoms with Crippen LogP contribution in [0.2, 0.25) is 0 Å². The third-order valence-electron chi connectivity index (χ3n) is 19.1. The Morgan fingerprint density at radius 3 is 0.673 bits per heavy atom. The maximum absolute atomic E-state index is 13.1. The number of phosphoric acid groups is 2. The average Bonchev–Trinajstić information content (AvgIpc) is 0.938. The van der Waals surface area contributed by atoms with Gasteiger partial charge in [-0.15, -0.1) is 0 Å². The summed E-state index contributed by atoms with van der Waals surface area (Å²) in [7, 11) is -9.92. The zero-order chi connectivity index (χ0) is 74.4. The molecular weight excluding hydrogens is 1320 g/mol. The Morgan fingerprint density at radius 1 is 0.267 bits per heavy atom. The Morgan fingerprint density at radius 2 is 0.455 bits per heavy atom. The van der Waals surface area contributed by atoms with E-state index in [1.165, 1.54) is 231 Å². The fourth-order valence-corrected chi connectivity index (χ4v) is 14.2. The smallest absolute Gasteiger partial charge is 0.462 e. The molecule has 3 N–H and O–H groups in total. The zero-order valence-electron chi connectivity index (χ0n) is 66.4. The van der Waals surface area contributed by atoms with Crippen LogP contribution in [0.5, 0.6) is 0 Å². The van der Waals surface area contributed by atoms with Gasteiger partial charge < -0.3 is 33.8 Å². The van der Waals surface area contributed by atoms with E-state index in [-0.39, 0.29) is 25.7 Å². The van der Waals surface area contributed by atoms with E-state index in [1.807, 2.05) is 0 Å². The maximum atomic E-state index is 13.1. The molecule has 0 aromatic carbocycles. The van der Waals surface area contributed by atoms with E-state index >= 15 is 0 Å². The Kier molecular flexibility index (Phi) is 70.9. The lowest BCUT2D eigenvalue weighted by Crippen LogP contribution is -2.30. The van der Waals surface area contributed by atoms with Gasteiger partial charge in [-0.1, -0.05) is 376 Å². The van der Waals surface area contributed by atoms with Crippen molar-refractivity contribution >= 4 is 39.5 Å². The van der Waals surface area contributed by atoms with Crippen LogP contribution in [0.25, 0.3) is 0 Å². The molecular formula is C82H160O17P2. The van der Waals surface area contributed by atoms with Gasteiger partial charge in [-0.3, -0.25) is 37.3 Å². The Hall–Kier alpha value is -1.94. The molecule has 0 aromatic rings. The Balaban J connectivity index is 5.21. The van der Waals surface area contributed by atoms with Gasteiger partial charge >= 0.3 is 39.5 Å². The molecule has 0 aliphatic heterocycles. The van der Waals surface area contributed by atoms with Crippen LogP contribution >= 0.6 is 15.6 Å². The number of carbonyl (C=O) groups is 4. The SMILES string of the molecule is CCCCCCCCCCCCCCC(=O)O[C@H](COC(=O)CCCCCCCCCC(C)C)COP(=O)(O)OC[C@H](O)COP(=O)(O)OC[C@@H](COC(=O)CCCCCCCCCCCCCCCCCC(C)C)OC(=O)CCCCCCCCCCCCCCCCCCCCC(C)C. The van der Waals surface area contributed by atoms with E-state index < -0.39 is 97.5 Å². The number of rotatable bonds is 80. The first-order valence-electron chi connectivity index (χ1n) is 42.3. The molecule has 0 saturated heterocycles. The van der Waals surface area contributed by atoms with Crippen LogP contribution in [-0.4, -0.2) is 96.7 Å². The summed E-state index contributed by atoms with van der Waals surface area (Å²) in [5.74, 6) is 0.222. The number of esters is 4. The second-order valence-corrected chi connectivity index (χ2v) is 33.8. The van der Waals surface area contributed by atoms with Gasteiger partial charge in [-0.2, -0.15) is 0 Å². The highest BCUT2D eigenvalue weighted by Crippen LogP contribution is 2.45. The van der Waals surface area contributed by atoms with E-state index in [9.17, 15) is 43.2 Å². The fourth-order valence-electron chi connectivity index (χ4n) is 12.7. The molecule has 0 bridgehead atoms. The van der Waals surface area contributed by atoms with Gasteiger partial charge in [0, 0.05) is 25.7 Å². The highest BCUT2D eigenvalue weighted by molar-refractivity contribution is 7.47. The standard InChI is InChI=1S/C82H160O17P2/c1-8-9-10-11-12-13-14-30-36-43-51-58-65-81(86)99-78(70-93-80(85)64-57-50-45-38-41-48-55-62-75(6)7)72-97-101(90,91)95-68-76(83)67-94-100(88,89)96-71-77(69-92-79(84)63-56-49-42-35-31-26-23-19-21-25-29-34-40-47-54-61-74(4)5)98-82(87)66-59-52-44-37-32-27-22-18-16-15-17-20-24-28-33-39-46-53-60-73(2)3/h73-78,83H,8-72H2,1-7H3,(H,88,89)(H,90,91)/t76-,77-,78-/m1/s1. The van der Waals surface area contributed by atoms with Gasteiger partial charge in [-0.05, 0) is 43.4 Å². The second kappa shape index (κ2) is 72.3. The van der Waals surface area contributed by atoms with Crippen molar-refractivity contribution in [2.75, 3.05) is 39.6 Å². The Bertz CT molecular complexity index is 1960. The lowest BCUT2D eigenvalue weighted by atomic mass is 10.0. The van der Waals surface area contributed by atoms with Gasteiger partial charge in [0.1, 0.15) is 19.3 Å². The van der Waals surface area contributed by atoms with E-state index in [0.717, 1.165) is 108 Å². The Labute approximate surface area is 619 Å². The van der Waals surface area contributed by atoms with Gasteiger partial charge in [-0.25, -0.2) is 9.13 Å². The topological polar surface area (TPSA) is 237 Å². The molecule has 0 radical (unpaired) electrons. The number of aliphatic hydroxyl groups is 1. The minimum atomic E-state index is -4.96. The molecule has 17 nitrogen and oxygen atoms in total. The molecule has 0 fully saturated rings. The summed E-state index contributed by atoms with van der Waals surface area (Å²) < 4.78 is 68.7. The van der Waals surface area contributed by atoms with E-state index in [1.54, 1.807) is 0 Å². The molecule has 101 heavy (non-hydrogen) atoms. The van der Waals surface area contributed by atoms with Crippen molar-refractivity contribution in [2.24, 2.45) is 17.8 Å². The molecule has 0 spiro atoms. The van der Waals surface area contributed by atoms with Crippen molar-refractivity contribution in [1.82, 2.24) is 0 Å². The first-order chi connectivity index (χ1) is 48.7. The van der Waals surface area contributed by atoms with Crippen molar-refractivity contribution in [3.63, 3.8) is 0 Å². The van der Waals surface area contributed by atoms with Gasteiger partial charge in [0.15, 0.2) is 12.2 Å². The van der Waals surface area contributed by atoms with Crippen molar-refractivity contribution in [3.05, 3.63) is 0 Å². The number of carbonyl (C=O) groups excluding carboxylic acids is 4. The number of ether oxygens (including phenoxy) is 4. The van der Waals surface area contributed by atoms with Gasteiger partial charge in [0.05, 0.1) is 26.4 Å². The first kappa shape index (κ1) is 99.1. The molecule has 19 heteroatoms. The number of phosphoric ester groups is 2. The molecule has 0 rings (SSSR count). The molecule has 0 aliphatic rings. The molecule has 0 aromatic heterocycles. The molecule has 0 aliphatic carbocycles. The van der Waals surface area contributed by atoms with Crippen molar-refractivity contribution in [2.45, 2.75) is 446 Å². The van der Waals surface area contributed by atoms with Crippen LogP contribution in [0.4, 0.5) is 0 Å². The molecule has 0 amide bonds. The molecule has 2 unspecified atom stereocenters. The molecule has 600 valence electrons. The molecule has 0 heterocycles. The van der Waals surface area contributed by atoms with Crippen LogP contribution in [0.15, 0.2) is 0 Å². The quantitative estimate of drug-likeness (QED) is 0.0222. The monoisotopic (exact) mass is 1480 g/mol. The summed E-state index contributed by atoms with van der Waals surface area (Å²) in [6.45, 7) is 12.0. The number of unbranched alkanes of at least 4 members (excludes halogenated alkanes) is 48. The summed E-state index contributed by atoms with van der Waals surface area (Å²) in [5, 5.41) is 10.6. The predicted octanol–water partition coefficient (Wildman–Crippen LogP) is 24.5. The van der Waals surface area contributed by atoms with Gasteiger partial charge in [0.25, 0.3) is 0 Å². The zero-order valence-corrected chi connectivity index (χ0v) is 68.2. The summed E-state index contributed by atoms with van der Waals surface area (Å²) in [6, 6.07) is 0. The van der Waals surface area contributed by atoms with E-state index in [0.29, 0.717) is 31.6 Å². The third kappa shape index (κ3) is 76.1. The molecule has 5 atom stereocenters. The highest BCUT2D eigenvalue weighted by atomic mass is 31.2. The van der Waals surface area contributed by atoms with E-state index in [2.05, 4.69) is 48.5 Å². The van der Waals surface area contributed by atoms with Crippen molar-refractivity contribution in [1.29, 1.82) is 0 Å². The number of hydrogen-bond acceptors (Lipinski definition) is 15. The predicted molar refractivity (Wildman–Crippen MR) is 414 cm³/mol. The largest absolute Gasteiger partial charge is 0.472 e. The first-order valence-corrected chi connectivity index (χ1v) is 45.3. The van der Waals surface area contributed by atoms with Crippen LogP contribution < -0.4 is 0 Å². The highest BCUT2D eigenvalue weighted by Gasteiger charge is 2.30. The lowest BCUT2D eigenvalue weighted by Gasteiger charge is -2.21. The number of hydrogen-bond donors (Lipinski definition) is 3. The van der Waals surface area contributed by atoms with Crippen molar-refractivity contribution in [3.8, 4) is 0 Å². The minimum Gasteiger partial charge on any atom is -0.462 e. The van der Waals surface area contributed by atoms with Gasteiger partial charge in [0.2, 0.25) is 0 Å². The average molecular weight is 1480 g/mol. The fraction of sp³-hybridized carbons (Fsp3) is 0.951. The lowest BCUT2D eigenvalue weighted by molar-refractivity contribution is -0.161. The summed E-state index contributed by atoms with van der Waals surface area (Å²) in [5.41, 5.74) is 0. The van der Waals surface area contributed by atoms with Crippen LogP contribution in [0, 0.1) is 17.8 Å². The van der Waals surface area contributed by atoms with Crippen LogP contribution in [-0.2, 0) is 65.4 Å². The second-order valence-electron chi connectivity index (χ2n) is 30.9. The minimum absolute atomic E-state index is 0.107. The molecule has 0 saturated carbocycles. The summed E-state index contributed by atoms with van der Waals surface area (Å²) >= 11 is 0. The van der Waals surface area contributed by atoms with E-state index in [4.69, 9.17) is 37.0 Å². The third-order valence-corrected chi connectivity index (χ3v) is 21.0. The maximum Gasteiger partial charge on any atom is 0.472 e. The van der Waals surface area contributed by atoms with Crippen molar-refractivity contribution < 1.29 is 80.2 Å². The van der Waals surface area contributed by atoms with Crippen LogP contribution in [0.1, 0.15) is 427 Å². The summed E-state index contributed by atoms with van der Waals surface area (Å²) in [6.07, 6.45) is 61.2. The summed E-state index contributed by atoms with van der Waals surface area (Å²) in [4.78, 5) is 73.0. The number of aliphatic hydroxyl groups excluding tert-OH is 1. The normalized spacial score (nSPS) is 14.0.